The molecule has 2 atom stereocenters. The molecule has 0 spiro atoms. The van der Waals surface area contributed by atoms with Crippen LogP contribution in [0, 0.1) is 5.92 Å². The number of hydrogen-bond donors (Lipinski definition) is 1. The predicted octanol–water partition coefficient (Wildman–Crippen LogP) is 2.61. The van der Waals surface area contributed by atoms with Gasteiger partial charge < -0.3 is 9.84 Å². The third kappa shape index (κ3) is 1.88. The summed E-state index contributed by atoms with van der Waals surface area (Å²) >= 11 is 0. The van der Waals surface area contributed by atoms with Crippen LogP contribution in [0.4, 0.5) is 0 Å². The molecule has 0 aromatic carbocycles. The fourth-order valence-electron chi connectivity index (χ4n) is 2.85. The van der Waals surface area contributed by atoms with E-state index < -0.39 is 0 Å². The minimum Gasteiger partial charge on any atom is -0.361 e. The van der Waals surface area contributed by atoms with Gasteiger partial charge >= 0.3 is 0 Å². The molecule has 2 aliphatic rings. The van der Waals surface area contributed by atoms with E-state index in [1.54, 1.807) is 0 Å². The van der Waals surface area contributed by atoms with E-state index in [4.69, 9.17) is 4.52 Å². The van der Waals surface area contributed by atoms with Crippen LogP contribution in [-0.4, -0.2) is 11.2 Å². The van der Waals surface area contributed by atoms with Crippen molar-refractivity contribution in [3.63, 3.8) is 0 Å². The summed E-state index contributed by atoms with van der Waals surface area (Å²) in [7, 11) is 0. The number of hydrogen-bond acceptors (Lipinski definition) is 3. The van der Waals surface area contributed by atoms with Gasteiger partial charge in [-0.1, -0.05) is 19.0 Å². The third-order valence-corrected chi connectivity index (χ3v) is 3.80. The Morgan fingerprint density at radius 2 is 2.19 bits per heavy atom. The largest absolute Gasteiger partial charge is 0.361 e. The van der Waals surface area contributed by atoms with Gasteiger partial charge in [0.1, 0.15) is 11.5 Å². The highest BCUT2D eigenvalue weighted by atomic mass is 16.5. The average Bonchev–Trinajstić information content (AvgIpc) is 2.96. The second-order valence-corrected chi connectivity index (χ2v) is 5.57. The fraction of sp³-hybridized carbons (Fsp3) is 0.769. The van der Waals surface area contributed by atoms with Gasteiger partial charge in [0.2, 0.25) is 0 Å². The SMILES string of the molecule is CC1Cc2onc(CNC3CC3)c2C(C)C1. The van der Waals surface area contributed by atoms with Crippen LogP contribution in [-0.2, 0) is 13.0 Å². The van der Waals surface area contributed by atoms with Crippen LogP contribution in [0.25, 0.3) is 0 Å². The van der Waals surface area contributed by atoms with Crippen LogP contribution in [0.2, 0.25) is 0 Å². The first-order valence-corrected chi connectivity index (χ1v) is 6.44. The van der Waals surface area contributed by atoms with Crippen molar-refractivity contribution in [2.24, 2.45) is 5.92 Å². The maximum atomic E-state index is 5.49. The van der Waals surface area contributed by atoms with Crippen molar-refractivity contribution in [2.75, 3.05) is 0 Å². The minimum absolute atomic E-state index is 0.612. The highest BCUT2D eigenvalue weighted by Crippen LogP contribution is 2.36. The Bertz CT molecular complexity index is 381. The summed E-state index contributed by atoms with van der Waals surface area (Å²) in [5.74, 6) is 2.49. The Morgan fingerprint density at radius 1 is 1.38 bits per heavy atom. The smallest absolute Gasteiger partial charge is 0.140 e. The molecule has 0 radical (unpaired) electrons. The van der Waals surface area contributed by atoms with Crippen molar-refractivity contribution in [1.29, 1.82) is 0 Å². The maximum absolute atomic E-state index is 5.49. The molecule has 88 valence electrons. The van der Waals surface area contributed by atoms with E-state index in [2.05, 4.69) is 24.3 Å². The molecule has 1 saturated carbocycles. The first kappa shape index (κ1) is 10.3. The summed E-state index contributed by atoms with van der Waals surface area (Å²) in [6.07, 6.45) is 4.99. The number of fused-ring (bicyclic) bond motifs is 1. The van der Waals surface area contributed by atoms with E-state index in [1.807, 2.05) is 0 Å². The lowest BCUT2D eigenvalue weighted by Crippen LogP contribution is -2.19. The fourth-order valence-corrected chi connectivity index (χ4v) is 2.85. The molecule has 0 amide bonds. The third-order valence-electron chi connectivity index (χ3n) is 3.80. The van der Waals surface area contributed by atoms with Crippen molar-refractivity contribution in [1.82, 2.24) is 10.5 Å². The van der Waals surface area contributed by atoms with Gasteiger partial charge in [0.15, 0.2) is 0 Å². The second-order valence-electron chi connectivity index (χ2n) is 5.57. The Balaban J connectivity index is 1.78. The molecule has 3 rings (SSSR count). The van der Waals surface area contributed by atoms with Gasteiger partial charge in [-0.25, -0.2) is 0 Å². The van der Waals surface area contributed by atoms with Gasteiger partial charge in [-0.15, -0.1) is 0 Å². The lowest BCUT2D eigenvalue weighted by molar-refractivity contribution is 0.332. The lowest BCUT2D eigenvalue weighted by Gasteiger charge is -2.23. The summed E-state index contributed by atoms with van der Waals surface area (Å²) in [5.41, 5.74) is 2.55. The number of nitrogens with zero attached hydrogens (tertiary/aromatic N) is 1. The van der Waals surface area contributed by atoms with Crippen molar-refractivity contribution in [2.45, 2.75) is 58.0 Å². The maximum Gasteiger partial charge on any atom is 0.140 e. The molecular weight excluding hydrogens is 200 g/mol. The molecule has 0 saturated heterocycles. The van der Waals surface area contributed by atoms with Gasteiger partial charge in [-0.05, 0) is 31.1 Å². The highest BCUT2D eigenvalue weighted by molar-refractivity contribution is 5.29. The molecule has 1 aromatic heterocycles. The zero-order valence-corrected chi connectivity index (χ0v) is 10.1. The first-order chi connectivity index (χ1) is 7.74. The van der Waals surface area contributed by atoms with Crippen LogP contribution in [0.1, 0.15) is 56.0 Å². The molecule has 2 unspecified atom stereocenters. The number of aromatic nitrogens is 1. The summed E-state index contributed by atoms with van der Waals surface area (Å²) in [4.78, 5) is 0. The molecule has 3 nitrogen and oxygen atoms in total. The van der Waals surface area contributed by atoms with Crippen molar-refractivity contribution in [3.8, 4) is 0 Å². The monoisotopic (exact) mass is 220 g/mol. The van der Waals surface area contributed by atoms with E-state index in [0.29, 0.717) is 5.92 Å². The average molecular weight is 220 g/mol. The van der Waals surface area contributed by atoms with E-state index in [-0.39, 0.29) is 0 Å². The van der Waals surface area contributed by atoms with Crippen molar-refractivity contribution in [3.05, 3.63) is 17.0 Å². The van der Waals surface area contributed by atoms with E-state index in [1.165, 1.54) is 24.8 Å². The van der Waals surface area contributed by atoms with Gasteiger partial charge in [-0.3, -0.25) is 0 Å². The van der Waals surface area contributed by atoms with Crippen LogP contribution in [0.5, 0.6) is 0 Å². The zero-order valence-electron chi connectivity index (χ0n) is 10.1. The van der Waals surface area contributed by atoms with Crippen LogP contribution < -0.4 is 5.32 Å². The normalized spacial score (nSPS) is 29.1. The van der Waals surface area contributed by atoms with Crippen LogP contribution in [0.15, 0.2) is 4.52 Å². The Morgan fingerprint density at radius 3 is 2.94 bits per heavy atom. The molecular formula is C13H20N2O. The molecule has 1 aromatic rings. The molecule has 0 aliphatic heterocycles. The van der Waals surface area contributed by atoms with Gasteiger partial charge in [-0.2, -0.15) is 0 Å². The highest BCUT2D eigenvalue weighted by Gasteiger charge is 2.29. The van der Waals surface area contributed by atoms with Crippen molar-refractivity contribution >= 4 is 0 Å². The Hall–Kier alpha value is -0.830. The van der Waals surface area contributed by atoms with E-state index >= 15 is 0 Å². The van der Waals surface area contributed by atoms with Crippen molar-refractivity contribution < 1.29 is 4.52 Å². The second kappa shape index (κ2) is 3.88. The standard InChI is InChI=1S/C13H20N2O/c1-8-5-9(2)13-11(7-14-10-3-4-10)15-16-12(13)6-8/h8-10,14H,3-7H2,1-2H3. The molecule has 1 fully saturated rings. The van der Waals surface area contributed by atoms with Gasteiger partial charge in [0.05, 0.1) is 0 Å². The quantitative estimate of drug-likeness (QED) is 0.851. The number of rotatable bonds is 3. The Labute approximate surface area is 96.6 Å². The summed E-state index contributed by atoms with van der Waals surface area (Å²) in [6.45, 7) is 5.48. The molecule has 1 N–H and O–H groups in total. The molecule has 3 heteroatoms. The van der Waals surface area contributed by atoms with Gasteiger partial charge in [0, 0.05) is 24.6 Å². The molecule has 2 aliphatic carbocycles. The number of nitrogens with one attached hydrogen (secondary N) is 1. The topological polar surface area (TPSA) is 38.1 Å². The lowest BCUT2D eigenvalue weighted by atomic mass is 9.81. The summed E-state index contributed by atoms with van der Waals surface area (Å²) in [6, 6.07) is 0.741. The molecule has 1 heterocycles. The summed E-state index contributed by atoms with van der Waals surface area (Å²) in [5, 5.41) is 7.76. The van der Waals surface area contributed by atoms with Gasteiger partial charge in [0.25, 0.3) is 0 Å². The Kier molecular flexibility index (Phi) is 2.51. The summed E-state index contributed by atoms with van der Waals surface area (Å²) < 4.78 is 5.49. The van der Waals surface area contributed by atoms with E-state index in [0.717, 1.165) is 36.4 Å². The van der Waals surface area contributed by atoms with Crippen LogP contribution in [0.3, 0.4) is 0 Å². The molecule has 0 bridgehead atoms. The predicted molar refractivity (Wildman–Crippen MR) is 62.3 cm³/mol. The first-order valence-electron chi connectivity index (χ1n) is 6.44. The zero-order chi connectivity index (χ0) is 11.1. The molecule has 16 heavy (non-hydrogen) atoms. The minimum atomic E-state index is 0.612. The van der Waals surface area contributed by atoms with Crippen LogP contribution >= 0.6 is 0 Å². The van der Waals surface area contributed by atoms with E-state index in [9.17, 15) is 0 Å².